The highest BCUT2D eigenvalue weighted by atomic mass is 32.1. The van der Waals surface area contributed by atoms with E-state index in [1.807, 2.05) is 42.6 Å². The topological polar surface area (TPSA) is 62.4 Å². The summed E-state index contributed by atoms with van der Waals surface area (Å²) in [6.07, 6.45) is 3.25. The highest BCUT2D eigenvalue weighted by Crippen LogP contribution is 2.16. The van der Waals surface area contributed by atoms with Crippen LogP contribution >= 0.6 is 23.6 Å². The number of nitrogens with one attached hydrogen (secondary N) is 3. The van der Waals surface area contributed by atoms with Crippen molar-refractivity contribution in [2.75, 3.05) is 7.11 Å². The van der Waals surface area contributed by atoms with Crippen molar-refractivity contribution in [1.82, 2.24) is 16.2 Å². The number of hydrogen-bond donors (Lipinski definition) is 3. The zero-order valence-electron chi connectivity index (χ0n) is 13.5. The van der Waals surface area contributed by atoms with Crippen molar-refractivity contribution < 1.29 is 9.53 Å². The van der Waals surface area contributed by atoms with Gasteiger partial charge in [0.2, 0.25) is 0 Å². The number of rotatable bonds is 5. The lowest BCUT2D eigenvalue weighted by atomic mass is 10.2. The van der Waals surface area contributed by atoms with E-state index in [0.717, 1.165) is 21.8 Å². The first-order valence-electron chi connectivity index (χ1n) is 7.27. The van der Waals surface area contributed by atoms with Crippen LogP contribution in [0.25, 0.3) is 6.08 Å². The lowest BCUT2D eigenvalue weighted by Gasteiger charge is -2.10. The van der Waals surface area contributed by atoms with Crippen molar-refractivity contribution in [3.05, 3.63) is 57.8 Å². The predicted molar refractivity (Wildman–Crippen MR) is 102 cm³/mol. The summed E-state index contributed by atoms with van der Waals surface area (Å²) in [6.45, 7) is 2.56. The van der Waals surface area contributed by atoms with E-state index in [-0.39, 0.29) is 5.91 Å². The van der Waals surface area contributed by atoms with Crippen molar-refractivity contribution in [3.63, 3.8) is 0 Å². The number of thiocarbonyl (C=S) groups is 1. The van der Waals surface area contributed by atoms with Crippen LogP contribution in [-0.4, -0.2) is 18.1 Å². The molecule has 1 heterocycles. The molecule has 24 heavy (non-hydrogen) atoms. The Labute approximate surface area is 150 Å². The summed E-state index contributed by atoms with van der Waals surface area (Å²) in [6, 6.07) is 9.66. The highest BCUT2D eigenvalue weighted by molar-refractivity contribution is 7.80. The first-order valence-corrected chi connectivity index (χ1v) is 8.56. The van der Waals surface area contributed by atoms with E-state index in [2.05, 4.69) is 16.2 Å². The van der Waals surface area contributed by atoms with Crippen LogP contribution in [-0.2, 0) is 11.3 Å². The number of methoxy groups -OCH3 is 1. The number of carbonyl (C=O) groups excluding carboxylic acids is 1. The molecule has 0 unspecified atom stereocenters. The van der Waals surface area contributed by atoms with Gasteiger partial charge in [-0.25, -0.2) is 0 Å². The third-order valence-corrected chi connectivity index (χ3v) is 4.43. The normalized spacial score (nSPS) is 10.4. The van der Waals surface area contributed by atoms with Gasteiger partial charge in [-0.15, -0.1) is 11.3 Å². The van der Waals surface area contributed by atoms with Crippen LogP contribution in [0.15, 0.2) is 41.8 Å². The third-order valence-electron chi connectivity index (χ3n) is 3.20. The molecule has 1 amide bonds. The molecule has 0 atom stereocenters. The molecule has 0 fully saturated rings. The maximum absolute atomic E-state index is 11.7. The van der Waals surface area contributed by atoms with Gasteiger partial charge < -0.3 is 10.1 Å². The largest absolute Gasteiger partial charge is 0.497 e. The predicted octanol–water partition coefficient (Wildman–Crippen LogP) is 2.77. The summed E-state index contributed by atoms with van der Waals surface area (Å²) >= 11 is 6.71. The molecule has 1 aromatic carbocycles. The number of hydrazine groups is 1. The van der Waals surface area contributed by atoms with Crippen molar-refractivity contribution in [1.29, 1.82) is 0 Å². The molecule has 0 spiro atoms. The van der Waals surface area contributed by atoms with E-state index in [1.54, 1.807) is 24.5 Å². The number of ether oxygens (including phenoxy) is 1. The van der Waals surface area contributed by atoms with E-state index in [4.69, 9.17) is 17.0 Å². The first kappa shape index (κ1) is 18.0. The molecule has 0 saturated heterocycles. The third kappa shape index (κ3) is 5.68. The van der Waals surface area contributed by atoms with Gasteiger partial charge in [-0.1, -0.05) is 12.1 Å². The van der Waals surface area contributed by atoms with Gasteiger partial charge in [-0.05, 0) is 59.9 Å². The molecule has 0 radical (unpaired) electrons. The van der Waals surface area contributed by atoms with Gasteiger partial charge >= 0.3 is 0 Å². The van der Waals surface area contributed by atoms with Crippen LogP contribution in [0.5, 0.6) is 5.75 Å². The molecule has 126 valence electrons. The molecule has 2 rings (SSSR count). The summed E-state index contributed by atoms with van der Waals surface area (Å²) < 4.78 is 5.11. The summed E-state index contributed by atoms with van der Waals surface area (Å²) in [4.78, 5) is 12.8. The Morgan fingerprint density at radius 1 is 1.25 bits per heavy atom. The Balaban J connectivity index is 1.71. The Kier molecular flexibility index (Phi) is 6.77. The van der Waals surface area contributed by atoms with Gasteiger partial charge in [0.1, 0.15) is 5.75 Å². The monoisotopic (exact) mass is 361 g/mol. The van der Waals surface area contributed by atoms with Crippen molar-refractivity contribution >= 4 is 40.7 Å². The van der Waals surface area contributed by atoms with Gasteiger partial charge in [-0.3, -0.25) is 15.6 Å². The van der Waals surface area contributed by atoms with E-state index >= 15 is 0 Å². The van der Waals surface area contributed by atoms with Crippen LogP contribution in [0.2, 0.25) is 0 Å². The molecule has 2 aromatic rings. The highest BCUT2D eigenvalue weighted by Gasteiger charge is 2.00. The van der Waals surface area contributed by atoms with Gasteiger partial charge in [0.05, 0.1) is 7.11 Å². The standard InChI is InChI=1S/C17H19N3O2S2/c1-12-9-10-24-15(12)7-8-16(21)19-20-17(23)18-11-13-3-5-14(22-2)6-4-13/h3-10H,11H2,1-2H3,(H,19,21)(H2,18,20,23)/b8-7+. The second kappa shape index (κ2) is 9.05. The smallest absolute Gasteiger partial charge is 0.262 e. The van der Waals surface area contributed by atoms with Crippen LogP contribution in [0.3, 0.4) is 0 Å². The number of benzene rings is 1. The van der Waals surface area contributed by atoms with E-state index in [0.29, 0.717) is 11.7 Å². The molecule has 0 aliphatic heterocycles. The number of aryl methyl sites for hydroxylation is 1. The SMILES string of the molecule is COc1ccc(CNC(=S)NNC(=O)/C=C/c2sccc2C)cc1. The number of thiophene rings is 1. The Morgan fingerprint density at radius 3 is 2.62 bits per heavy atom. The van der Waals surface area contributed by atoms with Crippen LogP contribution in [0, 0.1) is 6.92 Å². The van der Waals surface area contributed by atoms with E-state index in [9.17, 15) is 4.79 Å². The molecular weight excluding hydrogens is 342 g/mol. The van der Waals surface area contributed by atoms with Crippen LogP contribution in [0.4, 0.5) is 0 Å². The first-order chi connectivity index (χ1) is 11.6. The van der Waals surface area contributed by atoms with Crippen molar-refractivity contribution in [3.8, 4) is 5.75 Å². The van der Waals surface area contributed by atoms with E-state index < -0.39 is 0 Å². The molecule has 5 nitrogen and oxygen atoms in total. The lowest BCUT2D eigenvalue weighted by molar-refractivity contribution is -0.116. The van der Waals surface area contributed by atoms with E-state index in [1.165, 1.54) is 6.08 Å². The summed E-state index contributed by atoms with van der Waals surface area (Å²) in [5.74, 6) is 0.538. The minimum Gasteiger partial charge on any atom is -0.497 e. The van der Waals surface area contributed by atoms with Crippen LogP contribution in [0.1, 0.15) is 16.0 Å². The van der Waals surface area contributed by atoms with Gasteiger partial charge in [0, 0.05) is 17.5 Å². The molecule has 0 aliphatic rings. The van der Waals surface area contributed by atoms with Crippen molar-refractivity contribution in [2.45, 2.75) is 13.5 Å². The average Bonchev–Trinajstić information content (AvgIpc) is 3.01. The van der Waals surface area contributed by atoms with Gasteiger partial charge in [0.15, 0.2) is 5.11 Å². The maximum Gasteiger partial charge on any atom is 0.262 e. The second-order valence-electron chi connectivity index (χ2n) is 4.95. The molecule has 0 saturated carbocycles. The zero-order valence-corrected chi connectivity index (χ0v) is 15.1. The van der Waals surface area contributed by atoms with Gasteiger partial charge in [-0.2, -0.15) is 0 Å². The summed E-state index contributed by atoms with van der Waals surface area (Å²) in [5.41, 5.74) is 7.39. The number of hydrogen-bond acceptors (Lipinski definition) is 4. The second-order valence-corrected chi connectivity index (χ2v) is 6.30. The molecule has 3 N–H and O–H groups in total. The zero-order chi connectivity index (χ0) is 17.4. The molecular formula is C17H19N3O2S2. The fraction of sp³-hybridized carbons (Fsp3) is 0.176. The quantitative estimate of drug-likeness (QED) is 0.434. The summed E-state index contributed by atoms with van der Waals surface area (Å²) in [5, 5.41) is 5.35. The summed E-state index contributed by atoms with van der Waals surface area (Å²) in [7, 11) is 1.63. The van der Waals surface area contributed by atoms with Crippen LogP contribution < -0.4 is 20.9 Å². The van der Waals surface area contributed by atoms with Gasteiger partial charge in [0.25, 0.3) is 5.91 Å². The number of carbonyl (C=O) groups is 1. The lowest BCUT2D eigenvalue weighted by Crippen LogP contribution is -2.45. The molecule has 0 aliphatic carbocycles. The Bertz CT molecular complexity index is 724. The molecule has 7 heteroatoms. The fourth-order valence-electron chi connectivity index (χ4n) is 1.84. The fourth-order valence-corrected chi connectivity index (χ4v) is 2.78. The van der Waals surface area contributed by atoms with Crippen molar-refractivity contribution in [2.24, 2.45) is 0 Å². The minimum atomic E-state index is -0.267. The Hall–Kier alpha value is -2.38. The minimum absolute atomic E-state index is 0.267. The molecule has 1 aromatic heterocycles. The maximum atomic E-state index is 11.7. The Morgan fingerprint density at radius 2 is 2.00 bits per heavy atom. The molecule has 0 bridgehead atoms. The average molecular weight is 361 g/mol. The number of amides is 1.